The lowest BCUT2D eigenvalue weighted by atomic mass is 10.0. The highest BCUT2D eigenvalue weighted by Gasteiger charge is 2.22. The molecule has 3 aromatic rings. The van der Waals surface area contributed by atoms with Gasteiger partial charge in [0, 0.05) is 62.4 Å². The van der Waals surface area contributed by atoms with Gasteiger partial charge in [-0.3, -0.25) is 5.10 Å². The third kappa shape index (κ3) is 4.28. The molecule has 148 valence electrons. The quantitative estimate of drug-likeness (QED) is 0.685. The number of nitrogens with zero attached hydrogens (tertiary/aromatic N) is 5. The molecule has 6 nitrogen and oxygen atoms in total. The average molecular weight is 379 g/mol. The first kappa shape index (κ1) is 18.7. The van der Waals surface area contributed by atoms with Crippen LogP contribution < -0.4 is 4.90 Å². The predicted molar refractivity (Wildman–Crippen MR) is 113 cm³/mol. The van der Waals surface area contributed by atoms with Gasteiger partial charge < -0.3 is 14.4 Å². The van der Waals surface area contributed by atoms with Crippen molar-refractivity contribution in [3.63, 3.8) is 0 Å². The van der Waals surface area contributed by atoms with Gasteiger partial charge >= 0.3 is 0 Å². The highest BCUT2D eigenvalue weighted by molar-refractivity contribution is 5.65. The second-order valence-corrected chi connectivity index (χ2v) is 7.78. The summed E-state index contributed by atoms with van der Waals surface area (Å²) >= 11 is 0. The van der Waals surface area contributed by atoms with E-state index in [1.54, 1.807) is 6.20 Å². The van der Waals surface area contributed by atoms with E-state index in [9.17, 15) is 0 Å². The van der Waals surface area contributed by atoms with Crippen LogP contribution in [0.25, 0.3) is 11.3 Å². The van der Waals surface area contributed by atoms with E-state index in [2.05, 4.69) is 67.9 Å². The van der Waals surface area contributed by atoms with Crippen molar-refractivity contribution in [3.8, 4) is 11.3 Å². The molecule has 0 amide bonds. The third-order valence-electron chi connectivity index (χ3n) is 5.94. The van der Waals surface area contributed by atoms with Crippen LogP contribution in [0.1, 0.15) is 25.1 Å². The Bertz CT molecular complexity index is 861. The molecule has 3 heterocycles. The van der Waals surface area contributed by atoms with Crippen molar-refractivity contribution >= 4 is 5.69 Å². The Kier molecular flexibility index (Phi) is 5.76. The van der Waals surface area contributed by atoms with Crippen molar-refractivity contribution in [3.05, 3.63) is 54.7 Å². The summed E-state index contributed by atoms with van der Waals surface area (Å²) in [5, 5.41) is 7.12. The van der Waals surface area contributed by atoms with Crippen LogP contribution in [0.2, 0.25) is 0 Å². The SMILES string of the molecule is CN(CCCc1nccn1C)C1CCN(c2cccc(-c3ccn[nH]3)c2)CC1. The zero-order valence-corrected chi connectivity index (χ0v) is 16.9. The Hall–Kier alpha value is -2.60. The first-order valence-corrected chi connectivity index (χ1v) is 10.2. The molecule has 1 N–H and O–H groups in total. The van der Waals surface area contributed by atoms with Crippen molar-refractivity contribution in [1.29, 1.82) is 0 Å². The normalized spacial score (nSPS) is 15.5. The van der Waals surface area contributed by atoms with Gasteiger partial charge in [-0.1, -0.05) is 12.1 Å². The Morgan fingerprint density at radius 3 is 2.75 bits per heavy atom. The Labute approximate surface area is 167 Å². The second-order valence-electron chi connectivity index (χ2n) is 7.78. The summed E-state index contributed by atoms with van der Waals surface area (Å²) in [5.74, 6) is 1.18. The zero-order valence-electron chi connectivity index (χ0n) is 16.9. The molecule has 0 radical (unpaired) electrons. The molecule has 0 aliphatic carbocycles. The molecule has 6 heteroatoms. The molecule has 0 atom stereocenters. The molecule has 4 rings (SSSR count). The summed E-state index contributed by atoms with van der Waals surface area (Å²) < 4.78 is 2.12. The third-order valence-corrected chi connectivity index (χ3v) is 5.94. The van der Waals surface area contributed by atoms with E-state index in [0.717, 1.165) is 38.2 Å². The van der Waals surface area contributed by atoms with Gasteiger partial charge in [-0.25, -0.2) is 4.98 Å². The molecule has 0 unspecified atom stereocenters. The number of hydrogen-bond donors (Lipinski definition) is 1. The van der Waals surface area contributed by atoms with E-state index < -0.39 is 0 Å². The minimum Gasteiger partial charge on any atom is -0.371 e. The minimum absolute atomic E-state index is 0.674. The lowest BCUT2D eigenvalue weighted by molar-refractivity contribution is 0.205. The molecule has 28 heavy (non-hydrogen) atoms. The number of anilines is 1. The number of hydrogen-bond acceptors (Lipinski definition) is 4. The van der Waals surface area contributed by atoms with Crippen LogP contribution in [0.3, 0.4) is 0 Å². The summed E-state index contributed by atoms with van der Waals surface area (Å²) in [6, 6.07) is 11.5. The van der Waals surface area contributed by atoms with Gasteiger partial charge in [-0.2, -0.15) is 5.10 Å². The van der Waals surface area contributed by atoms with Gasteiger partial charge in [-0.15, -0.1) is 0 Å². The van der Waals surface area contributed by atoms with Crippen molar-refractivity contribution < 1.29 is 0 Å². The Balaban J connectivity index is 1.27. The number of rotatable bonds is 7. The maximum absolute atomic E-state index is 4.43. The zero-order chi connectivity index (χ0) is 19.3. The van der Waals surface area contributed by atoms with Gasteiger partial charge in [0.25, 0.3) is 0 Å². The van der Waals surface area contributed by atoms with E-state index in [0.29, 0.717) is 6.04 Å². The van der Waals surface area contributed by atoms with Crippen LogP contribution in [0.4, 0.5) is 5.69 Å². The summed E-state index contributed by atoms with van der Waals surface area (Å²) in [7, 11) is 4.35. The second kappa shape index (κ2) is 8.61. The fraction of sp³-hybridized carbons (Fsp3) is 0.455. The van der Waals surface area contributed by atoms with Crippen LogP contribution in [0.5, 0.6) is 0 Å². The number of benzene rings is 1. The topological polar surface area (TPSA) is 53.0 Å². The molecule has 1 fully saturated rings. The van der Waals surface area contributed by atoms with Gasteiger partial charge in [-0.05, 0) is 51.1 Å². The number of imidazole rings is 1. The monoisotopic (exact) mass is 378 g/mol. The number of H-pyrrole nitrogens is 1. The average Bonchev–Trinajstić information content (AvgIpc) is 3.41. The smallest absolute Gasteiger partial charge is 0.108 e. The molecule has 0 saturated carbocycles. The van der Waals surface area contributed by atoms with Gasteiger partial charge in [0.15, 0.2) is 0 Å². The first-order chi connectivity index (χ1) is 13.7. The maximum atomic E-state index is 4.43. The molecule has 0 spiro atoms. The summed E-state index contributed by atoms with van der Waals surface area (Å²) in [5.41, 5.74) is 3.58. The standard InChI is InChI=1S/C22H30N6/c1-26(13-4-7-22-23-12-16-27(22)2)19-9-14-28(15-10-19)20-6-3-5-18(17-20)21-8-11-24-25-21/h3,5-6,8,11-12,16-17,19H,4,7,9-10,13-15H2,1-2H3,(H,24,25). The van der Waals surface area contributed by atoms with E-state index in [1.807, 2.05) is 18.5 Å². The number of nitrogens with one attached hydrogen (secondary N) is 1. The summed E-state index contributed by atoms with van der Waals surface area (Å²) in [6.07, 6.45) is 10.4. The highest BCUT2D eigenvalue weighted by atomic mass is 15.2. The predicted octanol–water partition coefficient (Wildman–Crippen LogP) is 3.34. The van der Waals surface area contributed by atoms with Crippen LogP contribution in [0.15, 0.2) is 48.9 Å². The summed E-state index contributed by atoms with van der Waals surface area (Å²) in [6.45, 7) is 3.36. The van der Waals surface area contributed by atoms with Crippen molar-refractivity contribution in [2.75, 3.05) is 31.6 Å². The lowest BCUT2D eigenvalue weighted by Gasteiger charge is -2.38. The van der Waals surface area contributed by atoms with Crippen LogP contribution >= 0.6 is 0 Å². The van der Waals surface area contributed by atoms with Gasteiger partial charge in [0.1, 0.15) is 5.82 Å². The Morgan fingerprint density at radius 2 is 2.04 bits per heavy atom. The number of piperidine rings is 1. The molecule has 0 bridgehead atoms. The van der Waals surface area contributed by atoms with E-state index in [4.69, 9.17) is 0 Å². The molecule has 1 aromatic carbocycles. The number of aromatic nitrogens is 4. The molecule has 2 aromatic heterocycles. The first-order valence-electron chi connectivity index (χ1n) is 10.2. The fourth-order valence-corrected chi connectivity index (χ4v) is 4.16. The van der Waals surface area contributed by atoms with Crippen molar-refractivity contribution in [2.24, 2.45) is 7.05 Å². The van der Waals surface area contributed by atoms with Crippen LogP contribution in [-0.4, -0.2) is 57.4 Å². The fourth-order valence-electron chi connectivity index (χ4n) is 4.16. The van der Waals surface area contributed by atoms with E-state index >= 15 is 0 Å². The van der Waals surface area contributed by atoms with Gasteiger partial charge in [0.05, 0.1) is 5.69 Å². The number of aryl methyl sites for hydroxylation is 2. The lowest BCUT2D eigenvalue weighted by Crippen LogP contribution is -2.43. The maximum Gasteiger partial charge on any atom is 0.108 e. The van der Waals surface area contributed by atoms with Crippen molar-refractivity contribution in [1.82, 2.24) is 24.6 Å². The van der Waals surface area contributed by atoms with Gasteiger partial charge in [0.2, 0.25) is 0 Å². The summed E-state index contributed by atoms with van der Waals surface area (Å²) in [4.78, 5) is 9.48. The number of aromatic amines is 1. The molecule has 1 saturated heterocycles. The van der Waals surface area contributed by atoms with E-state index in [1.165, 1.54) is 29.9 Å². The Morgan fingerprint density at radius 1 is 1.18 bits per heavy atom. The largest absolute Gasteiger partial charge is 0.371 e. The van der Waals surface area contributed by atoms with E-state index in [-0.39, 0.29) is 0 Å². The van der Waals surface area contributed by atoms with Crippen LogP contribution in [0, 0.1) is 0 Å². The van der Waals surface area contributed by atoms with Crippen molar-refractivity contribution in [2.45, 2.75) is 31.7 Å². The molecular weight excluding hydrogens is 348 g/mol. The molecule has 1 aliphatic heterocycles. The molecular formula is C22H30N6. The highest BCUT2D eigenvalue weighted by Crippen LogP contribution is 2.26. The minimum atomic E-state index is 0.674. The molecule has 1 aliphatic rings. The van der Waals surface area contributed by atoms with Crippen LogP contribution in [-0.2, 0) is 13.5 Å².